The van der Waals surface area contributed by atoms with E-state index in [-0.39, 0.29) is 0 Å². The van der Waals surface area contributed by atoms with Crippen LogP contribution in [0.2, 0.25) is 0 Å². The summed E-state index contributed by atoms with van der Waals surface area (Å²) in [5, 5.41) is 14.7. The van der Waals surface area contributed by atoms with Gasteiger partial charge < -0.3 is 4.57 Å². The van der Waals surface area contributed by atoms with Crippen LogP contribution in [0, 0.1) is 0 Å². The molecule has 7 aromatic heterocycles. The highest BCUT2D eigenvalue weighted by Crippen LogP contribution is 2.44. The molecule has 0 amide bonds. The van der Waals surface area contributed by atoms with Gasteiger partial charge in [-0.25, -0.2) is 0 Å². The Hall–Kier alpha value is -11.1. The van der Waals surface area contributed by atoms with E-state index in [1.54, 1.807) is 0 Å². The number of fused-ring (bicyclic) bond motifs is 18. The van der Waals surface area contributed by atoms with Gasteiger partial charge in [-0.05, 0) is 130 Å². The molecule has 0 unspecified atom stereocenters. The molecule has 418 valence electrons. The Labute approximate surface area is 526 Å². The second-order valence-corrected chi connectivity index (χ2v) is 26.7. The molecule has 7 heterocycles. The summed E-state index contributed by atoms with van der Waals surface area (Å²) in [6.45, 7) is 0. The van der Waals surface area contributed by atoms with Crippen LogP contribution in [0.5, 0.6) is 0 Å². The van der Waals surface area contributed by atoms with Crippen molar-refractivity contribution < 1.29 is 0 Å². The third-order valence-corrected chi connectivity index (χ3v) is 22.0. The number of benzene rings is 13. The predicted octanol–water partition coefficient (Wildman–Crippen LogP) is 22.9. The second-order valence-electron chi connectivity index (χ2n) is 23.5. The van der Waals surface area contributed by atoms with Crippen LogP contribution in [0.1, 0.15) is 0 Å². The molecule has 6 nitrogen and oxygen atoms in total. The summed E-state index contributed by atoms with van der Waals surface area (Å²) in [7, 11) is 0. The lowest BCUT2D eigenvalue weighted by Gasteiger charge is -2.14. The van der Waals surface area contributed by atoms with Crippen LogP contribution in [0.15, 0.2) is 279 Å². The van der Waals surface area contributed by atoms with Gasteiger partial charge in [0, 0.05) is 104 Å². The van der Waals surface area contributed by atoms with Gasteiger partial charge in [0.2, 0.25) is 11.9 Å². The lowest BCUT2D eigenvalue weighted by atomic mass is 10.0. The van der Waals surface area contributed by atoms with Crippen LogP contribution in [0.4, 0.5) is 0 Å². The zero-order chi connectivity index (χ0) is 58.7. The largest absolute Gasteiger partial charge is 0.309 e. The summed E-state index contributed by atoms with van der Waals surface area (Å²) >= 11 is 5.55. The van der Waals surface area contributed by atoms with Gasteiger partial charge in [0.15, 0.2) is 5.82 Å². The second kappa shape index (κ2) is 19.2. The number of para-hydroxylation sites is 3. The van der Waals surface area contributed by atoms with Crippen molar-refractivity contribution in [2.75, 3.05) is 0 Å². The molecule has 20 rings (SSSR count). The van der Waals surface area contributed by atoms with E-state index in [1.807, 2.05) is 34.0 Å². The monoisotopic (exact) mass is 1200 g/mol. The molecule has 0 bridgehead atoms. The zero-order valence-corrected chi connectivity index (χ0v) is 50.4. The Balaban J connectivity index is 0.783. The SMILES string of the molecule is c1ccc2c(c1)sc1cc(-c3ccc4c5ccccc5n(-c5ccc(-c6nc(-n7c8ccccc8c8ccc(-c9ccc%10c(c9)sc9ccccc9%10)cc87)nc(-n7c8ccccc8c8ccc(-c9ccc%10c(c9)sc9ccccc9%10)cc87)n6)cc5)c4c3)ccc12. The maximum atomic E-state index is 5.67. The van der Waals surface area contributed by atoms with Crippen molar-refractivity contribution in [3.63, 3.8) is 0 Å². The summed E-state index contributed by atoms with van der Waals surface area (Å²) in [5.74, 6) is 1.63. The maximum absolute atomic E-state index is 5.67. The summed E-state index contributed by atoms with van der Waals surface area (Å²) < 4.78 is 14.6. The first-order valence-electron chi connectivity index (χ1n) is 30.3. The van der Waals surface area contributed by atoms with Gasteiger partial charge in [-0.1, -0.05) is 182 Å². The number of hydrogen-bond acceptors (Lipinski definition) is 6. The molecule has 13 aromatic carbocycles. The van der Waals surface area contributed by atoms with E-state index in [0.29, 0.717) is 17.7 Å². The Kier molecular flexibility index (Phi) is 10.7. The molecule has 0 N–H and O–H groups in total. The van der Waals surface area contributed by atoms with Crippen LogP contribution in [0.3, 0.4) is 0 Å². The Morgan fingerprint density at radius 2 is 0.478 bits per heavy atom. The first-order valence-corrected chi connectivity index (χ1v) is 32.7. The standard InChI is InChI=1S/C81H46N6S3/c1-7-19-67-55(13-1)58-35-27-48(51-30-38-64-61-16-4-10-22-73(61)88-76(64)44-51)41-70(58)85(67)54-33-25-47(26-34-54)79-82-80(86-68-20-8-2-14-56(68)59-36-28-49(42-71(59)86)52-31-39-65-62-17-5-11-23-74(62)89-77(65)45-52)84-81(83-79)87-69-21-9-3-15-57(69)60-37-29-50(43-72(60)87)53-32-40-66-63-18-6-12-24-75(63)90-78(66)46-53/h1-46H. The minimum absolute atomic E-state index is 0.531. The normalized spacial score (nSPS) is 12.2. The Bertz CT molecular complexity index is 6180. The van der Waals surface area contributed by atoms with Crippen LogP contribution in [-0.2, 0) is 0 Å². The molecule has 0 saturated heterocycles. The molecule has 0 atom stereocenters. The maximum Gasteiger partial charge on any atom is 0.240 e. The highest BCUT2D eigenvalue weighted by Gasteiger charge is 2.23. The fourth-order valence-corrected chi connectivity index (χ4v) is 17.8. The summed E-state index contributed by atoms with van der Waals surface area (Å²) in [6.07, 6.45) is 0. The quantitative estimate of drug-likeness (QED) is 0.160. The topological polar surface area (TPSA) is 53.5 Å². The van der Waals surface area contributed by atoms with Crippen molar-refractivity contribution in [2.24, 2.45) is 0 Å². The van der Waals surface area contributed by atoms with E-state index in [1.165, 1.54) is 82.4 Å². The molecule has 20 aromatic rings. The number of aromatic nitrogens is 6. The third kappa shape index (κ3) is 7.52. The molecule has 0 aliphatic heterocycles. The van der Waals surface area contributed by atoms with Gasteiger partial charge in [-0.15, -0.1) is 34.0 Å². The summed E-state index contributed by atoms with van der Waals surface area (Å²) in [6, 6.07) is 102. The molecule has 0 radical (unpaired) electrons. The fraction of sp³-hybridized carbons (Fsp3) is 0. The molecular formula is C81H46N6S3. The van der Waals surface area contributed by atoms with E-state index in [4.69, 9.17) is 15.0 Å². The van der Waals surface area contributed by atoms with Crippen molar-refractivity contribution in [3.05, 3.63) is 279 Å². The summed E-state index contributed by atoms with van der Waals surface area (Å²) in [4.78, 5) is 16.9. The highest BCUT2D eigenvalue weighted by molar-refractivity contribution is 7.26. The summed E-state index contributed by atoms with van der Waals surface area (Å²) in [5.41, 5.74) is 15.2. The van der Waals surface area contributed by atoms with Gasteiger partial charge in [0.25, 0.3) is 0 Å². The Morgan fingerprint density at radius 3 is 0.867 bits per heavy atom. The molecule has 0 spiro atoms. The minimum atomic E-state index is 0.531. The van der Waals surface area contributed by atoms with Crippen molar-refractivity contribution >= 4 is 160 Å². The van der Waals surface area contributed by atoms with Crippen molar-refractivity contribution in [3.8, 4) is 62.4 Å². The van der Waals surface area contributed by atoms with Crippen LogP contribution in [-0.4, -0.2) is 28.7 Å². The van der Waals surface area contributed by atoms with E-state index in [0.717, 1.165) is 88.1 Å². The van der Waals surface area contributed by atoms with Gasteiger partial charge in [0.1, 0.15) is 0 Å². The predicted molar refractivity (Wildman–Crippen MR) is 383 cm³/mol. The molecular weight excluding hydrogens is 1150 g/mol. The molecule has 0 aliphatic carbocycles. The van der Waals surface area contributed by atoms with Gasteiger partial charge >= 0.3 is 0 Å². The van der Waals surface area contributed by atoms with E-state index in [9.17, 15) is 0 Å². The zero-order valence-electron chi connectivity index (χ0n) is 48.0. The molecule has 0 aliphatic rings. The minimum Gasteiger partial charge on any atom is -0.309 e. The van der Waals surface area contributed by atoms with Crippen molar-refractivity contribution in [2.45, 2.75) is 0 Å². The molecule has 0 saturated carbocycles. The van der Waals surface area contributed by atoms with Crippen LogP contribution >= 0.6 is 34.0 Å². The third-order valence-electron chi connectivity index (χ3n) is 18.6. The Morgan fingerprint density at radius 1 is 0.200 bits per heavy atom. The fourth-order valence-electron chi connectivity index (χ4n) is 14.3. The van der Waals surface area contributed by atoms with E-state index in [2.05, 4.69) is 293 Å². The van der Waals surface area contributed by atoms with Crippen molar-refractivity contribution in [1.82, 2.24) is 28.7 Å². The van der Waals surface area contributed by atoms with E-state index < -0.39 is 0 Å². The van der Waals surface area contributed by atoms with Crippen LogP contribution in [0.25, 0.3) is 188 Å². The van der Waals surface area contributed by atoms with E-state index >= 15 is 0 Å². The van der Waals surface area contributed by atoms with Gasteiger partial charge in [-0.2, -0.15) is 15.0 Å². The van der Waals surface area contributed by atoms with Gasteiger partial charge in [0.05, 0.1) is 33.1 Å². The number of nitrogens with zero attached hydrogens (tertiary/aromatic N) is 6. The number of hydrogen-bond donors (Lipinski definition) is 0. The highest BCUT2D eigenvalue weighted by atomic mass is 32.1. The first-order chi connectivity index (χ1) is 44.6. The average Bonchev–Trinajstić information content (AvgIpc) is 1.74. The molecule has 9 heteroatoms. The van der Waals surface area contributed by atoms with Crippen LogP contribution < -0.4 is 0 Å². The molecule has 90 heavy (non-hydrogen) atoms. The lowest BCUT2D eigenvalue weighted by molar-refractivity contribution is 0.893. The lowest BCUT2D eigenvalue weighted by Crippen LogP contribution is -2.10. The first kappa shape index (κ1) is 50.0. The van der Waals surface area contributed by atoms with Crippen molar-refractivity contribution in [1.29, 1.82) is 0 Å². The average molecular weight is 1200 g/mol. The number of rotatable bonds is 7. The number of thiophene rings is 3. The molecule has 0 fully saturated rings. The van der Waals surface area contributed by atoms with Gasteiger partial charge in [-0.3, -0.25) is 9.13 Å². The smallest absolute Gasteiger partial charge is 0.240 e.